The van der Waals surface area contributed by atoms with E-state index in [2.05, 4.69) is 10.2 Å². The van der Waals surface area contributed by atoms with Crippen LogP contribution in [-0.2, 0) is 5.41 Å². The summed E-state index contributed by atoms with van der Waals surface area (Å²) in [6, 6.07) is 11.5. The number of aliphatic hydroxyl groups is 1. The number of aryl methyl sites for hydroxylation is 1. The molecular formula is C17H18ClN3O. The van der Waals surface area contributed by atoms with Crippen LogP contribution in [-0.4, -0.2) is 26.7 Å². The fourth-order valence-corrected chi connectivity index (χ4v) is 2.79. The highest BCUT2D eigenvalue weighted by Gasteiger charge is 2.21. The molecule has 0 radical (unpaired) electrons. The molecule has 0 bridgehead atoms. The number of aliphatic hydroxyl groups excluding tert-OH is 1. The van der Waals surface area contributed by atoms with Gasteiger partial charge in [0.2, 0.25) is 0 Å². The molecule has 3 rings (SSSR count). The van der Waals surface area contributed by atoms with Gasteiger partial charge in [0.15, 0.2) is 0 Å². The van der Waals surface area contributed by atoms with Crippen molar-refractivity contribution in [1.29, 1.82) is 0 Å². The van der Waals surface area contributed by atoms with Crippen molar-refractivity contribution in [2.24, 2.45) is 0 Å². The number of nitrogens with zero attached hydrogens (tertiary/aromatic N) is 3. The van der Waals surface area contributed by atoms with E-state index < -0.39 is 0 Å². The van der Waals surface area contributed by atoms with Gasteiger partial charge in [-0.15, -0.1) is 10.2 Å². The molecule has 0 unspecified atom stereocenters. The second kappa shape index (κ2) is 5.38. The molecule has 1 N–H and O–H groups in total. The second-order valence-electron chi connectivity index (χ2n) is 6.16. The summed E-state index contributed by atoms with van der Waals surface area (Å²) in [5, 5.41) is 19.1. The lowest BCUT2D eigenvalue weighted by Crippen LogP contribution is -2.23. The Labute approximate surface area is 134 Å². The van der Waals surface area contributed by atoms with Crippen molar-refractivity contribution in [2.75, 3.05) is 6.61 Å². The van der Waals surface area contributed by atoms with Gasteiger partial charge in [-0.05, 0) is 48.4 Å². The van der Waals surface area contributed by atoms with E-state index >= 15 is 0 Å². The molecule has 3 aromatic rings. The van der Waals surface area contributed by atoms with Gasteiger partial charge in [0.05, 0.1) is 12.3 Å². The minimum atomic E-state index is -0.265. The van der Waals surface area contributed by atoms with E-state index in [1.165, 1.54) is 0 Å². The highest BCUT2D eigenvalue weighted by atomic mass is 35.5. The lowest BCUT2D eigenvalue weighted by atomic mass is 9.83. The number of fused-ring (bicyclic) bond motifs is 1. The molecule has 0 amide bonds. The predicted molar refractivity (Wildman–Crippen MR) is 88.7 cm³/mol. The van der Waals surface area contributed by atoms with Crippen molar-refractivity contribution >= 4 is 22.6 Å². The number of rotatable bonds is 3. The standard InChI is InChI=1S/C17H18ClN3O/c1-11-8-13(5-6-14(11)17(2,3)10-22)21-19-15-7-4-12(18)9-16(15)20-21/h4-9,22H,10H2,1-3H3. The summed E-state index contributed by atoms with van der Waals surface area (Å²) in [7, 11) is 0. The highest BCUT2D eigenvalue weighted by molar-refractivity contribution is 6.31. The van der Waals surface area contributed by atoms with Gasteiger partial charge in [-0.25, -0.2) is 0 Å². The predicted octanol–water partition coefficient (Wildman–Crippen LogP) is 3.65. The fourth-order valence-electron chi connectivity index (χ4n) is 2.62. The Hall–Kier alpha value is -1.91. The molecule has 22 heavy (non-hydrogen) atoms. The van der Waals surface area contributed by atoms with Crippen LogP contribution in [0.25, 0.3) is 16.7 Å². The third-order valence-corrected chi connectivity index (χ3v) is 4.14. The first-order chi connectivity index (χ1) is 10.4. The van der Waals surface area contributed by atoms with E-state index in [-0.39, 0.29) is 12.0 Å². The smallest absolute Gasteiger partial charge is 0.115 e. The number of benzene rings is 2. The molecule has 0 spiro atoms. The third kappa shape index (κ3) is 2.60. The first kappa shape index (κ1) is 15.0. The summed E-state index contributed by atoms with van der Waals surface area (Å²) in [6.45, 7) is 6.20. The summed E-state index contributed by atoms with van der Waals surface area (Å²) < 4.78 is 0. The molecule has 0 aliphatic rings. The molecular weight excluding hydrogens is 298 g/mol. The van der Waals surface area contributed by atoms with E-state index in [0.717, 1.165) is 27.8 Å². The Morgan fingerprint density at radius 1 is 1.09 bits per heavy atom. The maximum absolute atomic E-state index is 9.54. The summed E-state index contributed by atoms with van der Waals surface area (Å²) in [4.78, 5) is 1.61. The molecule has 5 heteroatoms. The lowest BCUT2D eigenvalue weighted by molar-refractivity contribution is 0.218. The molecule has 0 saturated carbocycles. The molecule has 114 valence electrons. The van der Waals surface area contributed by atoms with Gasteiger partial charge in [0.25, 0.3) is 0 Å². The Morgan fingerprint density at radius 3 is 2.50 bits per heavy atom. The van der Waals surface area contributed by atoms with Gasteiger partial charge in [-0.3, -0.25) is 0 Å². The van der Waals surface area contributed by atoms with E-state index in [9.17, 15) is 5.11 Å². The first-order valence-corrected chi connectivity index (χ1v) is 7.53. The molecule has 1 heterocycles. The SMILES string of the molecule is Cc1cc(-n2nc3ccc(Cl)cc3n2)ccc1C(C)(C)CO. The van der Waals surface area contributed by atoms with E-state index in [1.54, 1.807) is 16.9 Å². The quantitative estimate of drug-likeness (QED) is 0.802. The first-order valence-electron chi connectivity index (χ1n) is 7.16. The van der Waals surface area contributed by atoms with Crippen molar-refractivity contribution in [3.63, 3.8) is 0 Å². The van der Waals surface area contributed by atoms with Crippen LogP contribution in [0, 0.1) is 6.92 Å². The van der Waals surface area contributed by atoms with Crippen LogP contribution in [0.2, 0.25) is 5.02 Å². The van der Waals surface area contributed by atoms with E-state index in [0.29, 0.717) is 5.02 Å². The van der Waals surface area contributed by atoms with Crippen LogP contribution in [0.3, 0.4) is 0 Å². The molecule has 0 aliphatic carbocycles. The number of hydrogen-bond donors (Lipinski definition) is 1. The average molecular weight is 316 g/mol. The van der Waals surface area contributed by atoms with Gasteiger partial charge < -0.3 is 5.11 Å². The Kier molecular flexibility index (Phi) is 3.67. The number of aromatic nitrogens is 3. The summed E-state index contributed by atoms with van der Waals surface area (Å²) >= 11 is 5.99. The molecule has 0 atom stereocenters. The van der Waals surface area contributed by atoms with Crippen LogP contribution in [0.15, 0.2) is 36.4 Å². The van der Waals surface area contributed by atoms with Gasteiger partial charge >= 0.3 is 0 Å². The number of hydrogen-bond acceptors (Lipinski definition) is 3. The van der Waals surface area contributed by atoms with Gasteiger partial charge in [-0.1, -0.05) is 31.5 Å². The summed E-state index contributed by atoms with van der Waals surface area (Å²) in [5.41, 5.74) is 4.43. The van der Waals surface area contributed by atoms with Crippen LogP contribution in [0.4, 0.5) is 0 Å². The normalized spacial score (nSPS) is 12.0. The molecule has 1 aromatic heterocycles. The average Bonchev–Trinajstić information content (AvgIpc) is 2.89. The van der Waals surface area contributed by atoms with E-state index in [4.69, 9.17) is 11.6 Å². The zero-order valence-electron chi connectivity index (χ0n) is 12.8. The molecule has 4 nitrogen and oxygen atoms in total. The van der Waals surface area contributed by atoms with Crippen molar-refractivity contribution in [3.05, 3.63) is 52.5 Å². The number of halogens is 1. The highest BCUT2D eigenvalue weighted by Crippen LogP contribution is 2.27. The second-order valence-corrected chi connectivity index (χ2v) is 6.60. The van der Waals surface area contributed by atoms with Crippen LogP contribution in [0.5, 0.6) is 0 Å². The maximum atomic E-state index is 9.54. The maximum Gasteiger partial charge on any atom is 0.115 e. The Bertz CT molecular complexity index is 839. The Balaban J connectivity index is 2.06. The minimum Gasteiger partial charge on any atom is -0.395 e. The van der Waals surface area contributed by atoms with Crippen molar-refractivity contribution in [2.45, 2.75) is 26.2 Å². The summed E-state index contributed by atoms with van der Waals surface area (Å²) in [6.07, 6.45) is 0. The zero-order chi connectivity index (χ0) is 15.9. The molecule has 0 saturated heterocycles. The summed E-state index contributed by atoms with van der Waals surface area (Å²) in [5.74, 6) is 0. The topological polar surface area (TPSA) is 50.9 Å². The van der Waals surface area contributed by atoms with Crippen molar-refractivity contribution < 1.29 is 5.11 Å². The minimum absolute atomic E-state index is 0.107. The monoisotopic (exact) mass is 315 g/mol. The largest absolute Gasteiger partial charge is 0.395 e. The van der Waals surface area contributed by atoms with Crippen molar-refractivity contribution in [1.82, 2.24) is 15.0 Å². The van der Waals surface area contributed by atoms with Crippen molar-refractivity contribution in [3.8, 4) is 5.69 Å². The molecule has 0 fully saturated rings. The third-order valence-electron chi connectivity index (χ3n) is 3.91. The van der Waals surface area contributed by atoms with Crippen LogP contribution in [0.1, 0.15) is 25.0 Å². The Morgan fingerprint density at radius 2 is 1.82 bits per heavy atom. The van der Waals surface area contributed by atoms with Crippen LogP contribution >= 0.6 is 11.6 Å². The van der Waals surface area contributed by atoms with E-state index in [1.807, 2.05) is 45.0 Å². The van der Waals surface area contributed by atoms with Crippen LogP contribution < -0.4 is 0 Å². The molecule has 2 aromatic carbocycles. The lowest BCUT2D eigenvalue weighted by Gasteiger charge is -2.24. The molecule has 0 aliphatic heterocycles. The van der Waals surface area contributed by atoms with Gasteiger partial charge in [0, 0.05) is 10.4 Å². The van der Waals surface area contributed by atoms with Gasteiger partial charge in [-0.2, -0.15) is 4.80 Å². The van der Waals surface area contributed by atoms with Gasteiger partial charge in [0.1, 0.15) is 11.0 Å². The zero-order valence-corrected chi connectivity index (χ0v) is 13.6. The fraction of sp³-hybridized carbons (Fsp3) is 0.294.